The molecular formula is C12H13BrClN5. The fourth-order valence-electron chi connectivity index (χ4n) is 2.27. The van der Waals surface area contributed by atoms with Gasteiger partial charge in [-0.15, -0.1) is 0 Å². The SMILES string of the molecule is Cc1nc2n(n1)C[C@@H](Nc1ncc(Cl)cc1Br)CC2. The van der Waals surface area contributed by atoms with Crippen molar-refractivity contribution in [3.63, 3.8) is 0 Å². The number of hydrogen-bond donors (Lipinski definition) is 1. The molecule has 0 fully saturated rings. The lowest BCUT2D eigenvalue weighted by Gasteiger charge is -2.24. The summed E-state index contributed by atoms with van der Waals surface area (Å²) >= 11 is 9.35. The monoisotopic (exact) mass is 341 g/mol. The molecule has 7 heteroatoms. The minimum absolute atomic E-state index is 0.304. The van der Waals surface area contributed by atoms with E-state index in [2.05, 4.69) is 36.3 Å². The van der Waals surface area contributed by atoms with Crippen LogP contribution >= 0.6 is 27.5 Å². The summed E-state index contributed by atoms with van der Waals surface area (Å²) in [4.78, 5) is 8.70. The highest BCUT2D eigenvalue weighted by atomic mass is 79.9. The van der Waals surface area contributed by atoms with E-state index in [-0.39, 0.29) is 0 Å². The summed E-state index contributed by atoms with van der Waals surface area (Å²) in [6, 6.07) is 2.14. The summed E-state index contributed by atoms with van der Waals surface area (Å²) in [5.41, 5.74) is 0. The van der Waals surface area contributed by atoms with Gasteiger partial charge in [0, 0.05) is 18.7 Å². The Bertz CT molecular complexity index is 612. The van der Waals surface area contributed by atoms with Crippen molar-refractivity contribution in [3.05, 3.63) is 33.4 Å². The molecule has 0 bridgehead atoms. The average molecular weight is 343 g/mol. The fraction of sp³-hybridized carbons (Fsp3) is 0.417. The summed E-state index contributed by atoms with van der Waals surface area (Å²) in [7, 11) is 0. The Labute approximate surface area is 124 Å². The van der Waals surface area contributed by atoms with Crippen LogP contribution in [0.15, 0.2) is 16.7 Å². The molecule has 1 atom stereocenters. The third kappa shape index (κ3) is 2.74. The molecule has 5 nitrogen and oxygen atoms in total. The van der Waals surface area contributed by atoms with Gasteiger partial charge in [0.2, 0.25) is 0 Å². The second-order valence-corrected chi connectivity index (χ2v) is 5.91. The van der Waals surface area contributed by atoms with E-state index in [4.69, 9.17) is 11.6 Å². The number of rotatable bonds is 2. The Morgan fingerprint density at radius 3 is 3.16 bits per heavy atom. The van der Waals surface area contributed by atoms with Crippen molar-refractivity contribution >= 4 is 33.3 Å². The molecule has 3 rings (SSSR count). The molecule has 2 aromatic rings. The standard InChI is InChI=1S/C12H13BrClN5/c1-7-16-11-3-2-9(6-19(11)18-7)17-12-10(13)4-8(14)5-15-12/h4-5,9H,2-3,6H2,1H3,(H,15,17)/t9-/m0/s1. The van der Waals surface area contributed by atoms with Gasteiger partial charge in [-0.1, -0.05) is 11.6 Å². The number of nitrogens with zero attached hydrogens (tertiary/aromatic N) is 4. The largest absolute Gasteiger partial charge is 0.365 e. The number of halogens is 2. The van der Waals surface area contributed by atoms with E-state index < -0.39 is 0 Å². The number of anilines is 1. The highest BCUT2D eigenvalue weighted by Crippen LogP contribution is 2.25. The van der Waals surface area contributed by atoms with Crippen LogP contribution in [0.25, 0.3) is 0 Å². The molecule has 1 aliphatic rings. The number of fused-ring (bicyclic) bond motifs is 1. The molecule has 2 aromatic heterocycles. The first-order valence-corrected chi connectivity index (χ1v) is 7.27. The normalized spacial score (nSPS) is 18.2. The Morgan fingerprint density at radius 2 is 2.37 bits per heavy atom. The molecule has 1 N–H and O–H groups in total. The number of aryl methyl sites for hydroxylation is 2. The highest BCUT2D eigenvalue weighted by Gasteiger charge is 2.21. The summed E-state index contributed by atoms with van der Waals surface area (Å²) in [6.45, 7) is 2.73. The van der Waals surface area contributed by atoms with Crippen LogP contribution in [-0.2, 0) is 13.0 Å². The molecule has 3 heterocycles. The fourth-order valence-corrected chi connectivity index (χ4v) is 3.02. The van der Waals surface area contributed by atoms with Gasteiger partial charge in [-0.05, 0) is 35.3 Å². The maximum Gasteiger partial charge on any atom is 0.147 e. The molecule has 0 unspecified atom stereocenters. The van der Waals surface area contributed by atoms with Crippen molar-refractivity contribution in [3.8, 4) is 0 Å². The van der Waals surface area contributed by atoms with Gasteiger partial charge >= 0.3 is 0 Å². The summed E-state index contributed by atoms with van der Waals surface area (Å²) in [5.74, 6) is 2.72. The molecule has 1 aliphatic heterocycles. The first kappa shape index (κ1) is 12.9. The van der Waals surface area contributed by atoms with E-state index in [0.29, 0.717) is 11.1 Å². The van der Waals surface area contributed by atoms with Crippen LogP contribution in [-0.4, -0.2) is 25.8 Å². The molecule has 0 saturated heterocycles. The van der Waals surface area contributed by atoms with Crippen LogP contribution in [0.3, 0.4) is 0 Å². The van der Waals surface area contributed by atoms with Gasteiger partial charge in [-0.2, -0.15) is 5.10 Å². The van der Waals surface area contributed by atoms with Crippen molar-refractivity contribution < 1.29 is 0 Å². The molecule has 0 aliphatic carbocycles. The van der Waals surface area contributed by atoms with E-state index in [9.17, 15) is 0 Å². The number of nitrogens with one attached hydrogen (secondary N) is 1. The van der Waals surface area contributed by atoms with E-state index in [1.807, 2.05) is 17.7 Å². The second kappa shape index (κ2) is 5.09. The first-order valence-electron chi connectivity index (χ1n) is 6.10. The molecule has 0 saturated carbocycles. The summed E-state index contributed by atoms with van der Waals surface area (Å²) < 4.78 is 2.85. The van der Waals surface area contributed by atoms with Crippen LogP contribution in [0.1, 0.15) is 18.1 Å². The zero-order valence-corrected chi connectivity index (χ0v) is 12.7. The van der Waals surface area contributed by atoms with Crippen LogP contribution in [0, 0.1) is 6.92 Å². The second-order valence-electron chi connectivity index (χ2n) is 4.62. The topological polar surface area (TPSA) is 55.6 Å². The van der Waals surface area contributed by atoms with Gasteiger partial charge in [0.25, 0.3) is 0 Å². The molecule has 0 aromatic carbocycles. The van der Waals surface area contributed by atoms with Gasteiger partial charge in [0.1, 0.15) is 17.5 Å². The van der Waals surface area contributed by atoms with Crippen molar-refractivity contribution in [2.45, 2.75) is 32.4 Å². The third-order valence-corrected chi connectivity index (χ3v) is 3.92. The van der Waals surface area contributed by atoms with Gasteiger partial charge in [-0.3, -0.25) is 0 Å². The minimum Gasteiger partial charge on any atom is -0.365 e. The lowest BCUT2D eigenvalue weighted by atomic mass is 10.1. The molecular weight excluding hydrogens is 330 g/mol. The van der Waals surface area contributed by atoms with E-state index in [1.165, 1.54) is 0 Å². The average Bonchev–Trinajstić information content (AvgIpc) is 2.72. The van der Waals surface area contributed by atoms with Gasteiger partial charge in [0.15, 0.2) is 0 Å². The van der Waals surface area contributed by atoms with E-state index in [0.717, 1.165) is 41.3 Å². The highest BCUT2D eigenvalue weighted by molar-refractivity contribution is 9.10. The third-order valence-electron chi connectivity index (χ3n) is 3.11. The zero-order chi connectivity index (χ0) is 13.4. The predicted octanol–water partition coefficient (Wildman–Crippen LogP) is 2.82. The lowest BCUT2D eigenvalue weighted by Crippen LogP contribution is -2.32. The molecule has 0 amide bonds. The van der Waals surface area contributed by atoms with Gasteiger partial charge in [-0.25, -0.2) is 14.6 Å². The predicted molar refractivity (Wildman–Crippen MR) is 77.4 cm³/mol. The Morgan fingerprint density at radius 1 is 1.53 bits per heavy atom. The Kier molecular flexibility index (Phi) is 3.45. The van der Waals surface area contributed by atoms with Crippen LogP contribution < -0.4 is 5.32 Å². The Hall–Kier alpha value is -1.14. The van der Waals surface area contributed by atoms with Crippen molar-refractivity contribution in [2.75, 3.05) is 5.32 Å². The quantitative estimate of drug-likeness (QED) is 0.912. The zero-order valence-electron chi connectivity index (χ0n) is 10.4. The van der Waals surface area contributed by atoms with E-state index in [1.54, 1.807) is 6.20 Å². The molecule has 0 spiro atoms. The van der Waals surface area contributed by atoms with E-state index >= 15 is 0 Å². The molecule has 0 radical (unpaired) electrons. The van der Waals surface area contributed by atoms with Crippen molar-refractivity contribution in [1.82, 2.24) is 19.7 Å². The summed E-state index contributed by atoms with van der Waals surface area (Å²) in [5, 5.41) is 8.43. The van der Waals surface area contributed by atoms with Crippen molar-refractivity contribution in [2.24, 2.45) is 0 Å². The Balaban J connectivity index is 1.75. The van der Waals surface area contributed by atoms with Crippen LogP contribution in [0.5, 0.6) is 0 Å². The minimum atomic E-state index is 0.304. The van der Waals surface area contributed by atoms with Crippen LogP contribution in [0.4, 0.5) is 5.82 Å². The van der Waals surface area contributed by atoms with Gasteiger partial charge in [0.05, 0.1) is 16.0 Å². The maximum absolute atomic E-state index is 5.89. The van der Waals surface area contributed by atoms with Gasteiger partial charge < -0.3 is 5.32 Å². The number of aromatic nitrogens is 4. The number of hydrogen-bond acceptors (Lipinski definition) is 4. The first-order chi connectivity index (χ1) is 9.11. The summed E-state index contributed by atoms with van der Waals surface area (Å²) in [6.07, 6.45) is 3.60. The van der Waals surface area contributed by atoms with Crippen LogP contribution in [0.2, 0.25) is 5.02 Å². The molecule has 19 heavy (non-hydrogen) atoms. The molecule has 100 valence electrons. The smallest absolute Gasteiger partial charge is 0.147 e. The number of pyridine rings is 1. The lowest BCUT2D eigenvalue weighted by molar-refractivity contribution is 0.440. The van der Waals surface area contributed by atoms with Crippen molar-refractivity contribution in [1.29, 1.82) is 0 Å². The maximum atomic E-state index is 5.89.